The molecule has 3 heterocycles. The molecule has 0 spiro atoms. The molecule has 0 atom stereocenters. The SMILES string of the molecule is CC(=O)Nc1ccc(NC(=O)Cn2nc3c(N4CCSCC4)nc4ccccc4n3c2=O)cc1. The summed E-state index contributed by atoms with van der Waals surface area (Å²) in [6.45, 7) is 2.83. The number of carbonyl (C=O) groups excluding carboxylic acids is 2. The molecule has 11 heteroatoms. The van der Waals surface area contributed by atoms with E-state index in [9.17, 15) is 14.4 Å². The first kappa shape index (κ1) is 22.0. The Morgan fingerprint density at radius 2 is 1.68 bits per heavy atom. The van der Waals surface area contributed by atoms with Crippen LogP contribution in [0.1, 0.15) is 6.92 Å². The van der Waals surface area contributed by atoms with Gasteiger partial charge in [0.15, 0.2) is 5.82 Å². The van der Waals surface area contributed by atoms with E-state index in [4.69, 9.17) is 4.98 Å². The fourth-order valence-corrected chi connectivity index (χ4v) is 4.85. The Labute approximate surface area is 199 Å². The lowest BCUT2D eigenvalue weighted by molar-refractivity contribution is -0.117. The molecule has 1 saturated heterocycles. The molecular formula is C23H23N7O3S. The third kappa shape index (κ3) is 4.34. The first-order valence-electron chi connectivity index (χ1n) is 10.9. The third-order valence-electron chi connectivity index (χ3n) is 5.48. The molecule has 0 saturated carbocycles. The van der Waals surface area contributed by atoms with Gasteiger partial charge in [0, 0.05) is 42.9 Å². The minimum Gasteiger partial charge on any atom is -0.352 e. The van der Waals surface area contributed by atoms with Crippen LogP contribution in [0.3, 0.4) is 0 Å². The number of aromatic nitrogens is 4. The van der Waals surface area contributed by atoms with Crippen LogP contribution >= 0.6 is 11.8 Å². The lowest BCUT2D eigenvalue weighted by Crippen LogP contribution is -2.33. The zero-order valence-electron chi connectivity index (χ0n) is 18.5. The first-order chi connectivity index (χ1) is 16.5. The Bertz CT molecular complexity index is 1440. The monoisotopic (exact) mass is 477 g/mol. The number of benzene rings is 2. The van der Waals surface area contributed by atoms with Gasteiger partial charge in [-0.1, -0.05) is 12.1 Å². The van der Waals surface area contributed by atoms with E-state index in [0.717, 1.165) is 24.6 Å². The molecule has 1 aliphatic rings. The van der Waals surface area contributed by atoms with Crippen LogP contribution in [0.2, 0.25) is 0 Å². The number of hydrogen-bond acceptors (Lipinski definition) is 7. The number of nitrogens with one attached hydrogen (secondary N) is 2. The van der Waals surface area contributed by atoms with Crippen molar-refractivity contribution in [1.82, 2.24) is 19.2 Å². The van der Waals surface area contributed by atoms with E-state index in [1.807, 2.05) is 36.0 Å². The largest absolute Gasteiger partial charge is 0.352 e. The minimum atomic E-state index is -0.391. The van der Waals surface area contributed by atoms with E-state index in [1.165, 1.54) is 16.0 Å². The van der Waals surface area contributed by atoms with Crippen molar-refractivity contribution in [1.29, 1.82) is 0 Å². The second-order valence-electron chi connectivity index (χ2n) is 7.93. The average Bonchev–Trinajstić information content (AvgIpc) is 3.16. The van der Waals surface area contributed by atoms with Gasteiger partial charge in [-0.15, -0.1) is 5.10 Å². The Hall–Kier alpha value is -3.86. The number of thioether (sulfide) groups is 1. The quantitative estimate of drug-likeness (QED) is 0.453. The molecule has 10 nitrogen and oxygen atoms in total. The number of fused-ring (bicyclic) bond motifs is 3. The van der Waals surface area contributed by atoms with E-state index < -0.39 is 5.69 Å². The summed E-state index contributed by atoms with van der Waals surface area (Å²) in [5.74, 6) is 2.06. The minimum absolute atomic E-state index is 0.173. The van der Waals surface area contributed by atoms with Crippen LogP contribution < -0.4 is 21.2 Å². The highest BCUT2D eigenvalue weighted by atomic mass is 32.2. The number of para-hydroxylation sites is 2. The van der Waals surface area contributed by atoms with Crippen LogP contribution in [0.5, 0.6) is 0 Å². The second-order valence-corrected chi connectivity index (χ2v) is 9.15. The molecule has 0 aliphatic carbocycles. The van der Waals surface area contributed by atoms with E-state index in [1.54, 1.807) is 24.3 Å². The molecule has 4 aromatic rings. The summed E-state index contributed by atoms with van der Waals surface area (Å²) in [6, 6.07) is 14.2. The lowest BCUT2D eigenvalue weighted by Gasteiger charge is -2.27. The maximum absolute atomic E-state index is 13.3. The highest BCUT2D eigenvalue weighted by Gasteiger charge is 2.22. The molecule has 0 unspecified atom stereocenters. The molecule has 5 rings (SSSR count). The summed E-state index contributed by atoms with van der Waals surface area (Å²) < 4.78 is 2.71. The van der Waals surface area contributed by atoms with Crippen LogP contribution in [0.4, 0.5) is 17.2 Å². The van der Waals surface area contributed by atoms with Gasteiger partial charge in [-0.05, 0) is 36.4 Å². The van der Waals surface area contributed by atoms with Crippen LogP contribution in [-0.4, -0.2) is 55.6 Å². The molecule has 0 radical (unpaired) electrons. The fraction of sp³-hybridized carbons (Fsp3) is 0.261. The fourth-order valence-electron chi connectivity index (χ4n) is 3.95. The molecular weight excluding hydrogens is 454 g/mol. The first-order valence-corrected chi connectivity index (χ1v) is 12.0. The maximum atomic E-state index is 13.3. The van der Waals surface area contributed by atoms with Crippen molar-refractivity contribution in [2.45, 2.75) is 13.5 Å². The molecule has 34 heavy (non-hydrogen) atoms. The molecule has 1 aliphatic heterocycles. The molecule has 174 valence electrons. The summed E-state index contributed by atoms with van der Waals surface area (Å²) in [5.41, 5.74) is 2.59. The zero-order chi connectivity index (χ0) is 23.7. The molecule has 1 fully saturated rings. The van der Waals surface area contributed by atoms with Crippen molar-refractivity contribution < 1.29 is 9.59 Å². The van der Waals surface area contributed by atoms with Gasteiger partial charge in [0.05, 0.1) is 11.0 Å². The van der Waals surface area contributed by atoms with Gasteiger partial charge in [0.25, 0.3) is 0 Å². The van der Waals surface area contributed by atoms with Gasteiger partial charge < -0.3 is 15.5 Å². The van der Waals surface area contributed by atoms with E-state index >= 15 is 0 Å². The van der Waals surface area contributed by atoms with Gasteiger partial charge in [-0.25, -0.2) is 18.9 Å². The van der Waals surface area contributed by atoms with E-state index in [0.29, 0.717) is 33.9 Å². The number of rotatable bonds is 5. The normalized spacial score (nSPS) is 13.9. The summed E-state index contributed by atoms with van der Waals surface area (Å²) in [6.07, 6.45) is 0. The van der Waals surface area contributed by atoms with E-state index in [2.05, 4.69) is 20.6 Å². The Morgan fingerprint density at radius 1 is 1.00 bits per heavy atom. The van der Waals surface area contributed by atoms with Gasteiger partial charge in [-0.2, -0.15) is 11.8 Å². The Kier molecular flexibility index (Phi) is 5.93. The van der Waals surface area contributed by atoms with Gasteiger partial charge in [0.2, 0.25) is 17.5 Å². The Balaban J connectivity index is 1.46. The average molecular weight is 478 g/mol. The van der Waals surface area contributed by atoms with Crippen molar-refractivity contribution in [2.75, 3.05) is 40.1 Å². The highest BCUT2D eigenvalue weighted by molar-refractivity contribution is 7.99. The van der Waals surface area contributed by atoms with Crippen LogP contribution in [0.25, 0.3) is 16.7 Å². The third-order valence-corrected chi connectivity index (χ3v) is 6.42. The number of amides is 2. The predicted molar refractivity (Wildman–Crippen MR) is 134 cm³/mol. The van der Waals surface area contributed by atoms with E-state index in [-0.39, 0.29) is 18.4 Å². The van der Waals surface area contributed by atoms with Crippen molar-refractivity contribution in [3.8, 4) is 0 Å². The maximum Gasteiger partial charge on any atom is 0.351 e. The standard InChI is InChI=1S/C23H23N7O3S/c1-15(31)24-16-6-8-17(9-7-16)25-20(32)14-29-23(33)30-19-5-3-2-4-18(19)26-21(22(30)27-29)28-10-12-34-13-11-28/h2-9H,10-14H2,1H3,(H,24,31)(H,25,32). The van der Waals surface area contributed by atoms with Gasteiger partial charge in [-0.3, -0.25) is 9.59 Å². The number of anilines is 3. The van der Waals surface area contributed by atoms with Crippen LogP contribution in [0.15, 0.2) is 53.3 Å². The molecule has 0 bridgehead atoms. The molecule has 2 amide bonds. The Morgan fingerprint density at radius 3 is 2.38 bits per heavy atom. The molecule has 2 aromatic carbocycles. The summed E-state index contributed by atoms with van der Waals surface area (Å²) >= 11 is 1.89. The van der Waals surface area contributed by atoms with Gasteiger partial charge >= 0.3 is 5.69 Å². The van der Waals surface area contributed by atoms with Crippen LogP contribution in [-0.2, 0) is 16.1 Å². The number of carbonyl (C=O) groups is 2. The zero-order valence-corrected chi connectivity index (χ0v) is 19.3. The van der Waals surface area contributed by atoms with Crippen molar-refractivity contribution >= 4 is 57.4 Å². The summed E-state index contributed by atoms with van der Waals surface area (Å²) in [4.78, 5) is 44.1. The van der Waals surface area contributed by atoms with Crippen molar-refractivity contribution in [2.24, 2.45) is 0 Å². The molecule has 2 aromatic heterocycles. The van der Waals surface area contributed by atoms with Crippen molar-refractivity contribution in [3.05, 3.63) is 59.0 Å². The second kappa shape index (κ2) is 9.18. The van der Waals surface area contributed by atoms with Crippen molar-refractivity contribution in [3.63, 3.8) is 0 Å². The topological polar surface area (TPSA) is 114 Å². The predicted octanol–water partition coefficient (Wildman–Crippen LogP) is 2.19. The number of nitrogens with zero attached hydrogens (tertiary/aromatic N) is 5. The smallest absolute Gasteiger partial charge is 0.351 e. The lowest BCUT2D eigenvalue weighted by atomic mass is 10.2. The van der Waals surface area contributed by atoms with Crippen LogP contribution in [0, 0.1) is 0 Å². The number of hydrogen-bond donors (Lipinski definition) is 2. The summed E-state index contributed by atoms with van der Waals surface area (Å²) in [7, 11) is 0. The highest BCUT2D eigenvalue weighted by Crippen LogP contribution is 2.24. The van der Waals surface area contributed by atoms with Gasteiger partial charge in [0.1, 0.15) is 6.54 Å². The molecule has 2 N–H and O–H groups in total. The summed E-state index contributed by atoms with van der Waals surface area (Å²) in [5, 5.41) is 9.96.